The zero-order chi connectivity index (χ0) is 21.2. The van der Waals surface area contributed by atoms with Crippen LogP contribution >= 0.6 is 11.8 Å². The second kappa shape index (κ2) is 12.0. The fraction of sp³-hybridized carbons (Fsp3) is 0.778. The van der Waals surface area contributed by atoms with E-state index < -0.39 is 35.7 Å². The highest BCUT2D eigenvalue weighted by atomic mass is 32.2. The van der Waals surface area contributed by atoms with Crippen molar-refractivity contribution in [3.63, 3.8) is 0 Å². The van der Waals surface area contributed by atoms with Crippen molar-refractivity contribution in [2.75, 3.05) is 19.4 Å². The number of amides is 1. The van der Waals surface area contributed by atoms with Crippen LogP contribution in [0.15, 0.2) is 0 Å². The highest BCUT2D eigenvalue weighted by Crippen LogP contribution is 2.33. The Kier molecular flexibility index (Phi) is 11.3. The molecule has 0 aromatic carbocycles. The van der Waals surface area contributed by atoms with E-state index in [1.54, 1.807) is 13.8 Å². The van der Waals surface area contributed by atoms with Gasteiger partial charge in [0.25, 0.3) is 0 Å². The second-order valence-corrected chi connectivity index (χ2v) is 7.46. The predicted octanol–water partition coefficient (Wildman–Crippen LogP) is 1.70. The van der Waals surface area contributed by atoms with Gasteiger partial charge in [-0.05, 0) is 13.3 Å². The van der Waals surface area contributed by atoms with Gasteiger partial charge in [0, 0.05) is 40.2 Å². The van der Waals surface area contributed by atoms with Gasteiger partial charge in [0.05, 0.1) is 5.92 Å². The van der Waals surface area contributed by atoms with Crippen LogP contribution in [0.4, 0.5) is 0 Å². The monoisotopic (exact) mass is 405 g/mol. The molecule has 156 valence electrons. The first kappa shape index (κ1) is 25.4. The number of esters is 2. The number of methoxy groups -OCH3 is 1. The number of hydrogen-bond acceptors (Lipinski definition) is 8. The normalized spacial score (nSPS) is 16.4. The summed E-state index contributed by atoms with van der Waals surface area (Å²) in [6.07, 6.45) is -1.24. The lowest BCUT2D eigenvalue weighted by molar-refractivity contribution is -0.204. The van der Waals surface area contributed by atoms with Crippen LogP contribution < -0.4 is 5.32 Å². The van der Waals surface area contributed by atoms with Gasteiger partial charge >= 0.3 is 11.9 Å². The molecule has 0 aliphatic carbocycles. The van der Waals surface area contributed by atoms with Gasteiger partial charge in [-0.15, -0.1) is 0 Å². The van der Waals surface area contributed by atoms with Crippen molar-refractivity contribution >= 4 is 34.7 Å². The van der Waals surface area contributed by atoms with E-state index in [2.05, 4.69) is 5.32 Å². The minimum absolute atomic E-state index is 0.173. The molecule has 1 N–H and O–H groups in total. The van der Waals surface area contributed by atoms with Crippen LogP contribution in [0.3, 0.4) is 0 Å². The van der Waals surface area contributed by atoms with Gasteiger partial charge in [-0.25, -0.2) is 0 Å². The number of rotatable bonds is 11. The summed E-state index contributed by atoms with van der Waals surface area (Å²) in [5, 5.41) is 2.40. The molecule has 4 atom stereocenters. The lowest BCUT2D eigenvalue weighted by Crippen LogP contribution is -2.57. The van der Waals surface area contributed by atoms with Gasteiger partial charge < -0.3 is 19.5 Å². The molecular weight excluding hydrogens is 374 g/mol. The Balaban J connectivity index is 5.45. The highest BCUT2D eigenvalue weighted by Gasteiger charge is 2.49. The van der Waals surface area contributed by atoms with Crippen molar-refractivity contribution in [1.82, 2.24) is 5.32 Å². The number of thioether (sulfide) groups is 1. The summed E-state index contributed by atoms with van der Waals surface area (Å²) < 4.78 is 16.4. The third kappa shape index (κ3) is 8.30. The minimum atomic E-state index is -1.21. The maximum atomic E-state index is 12.6. The standard InChI is InChI=1S/C18H31NO7S/c1-8-15(25-13(4)21)18(6,24-7)16(26-14(5)22)11(2)17(23)27-10-9-19-12(3)20/h11,15-16H,8-10H2,1-7H3,(H,19,20)/t11-,15-,16-,18-/m1/s1. The molecule has 0 saturated heterocycles. The van der Waals surface area contributed by atoms with E-state index in [0.717, 1.165) is 11.8 Å². The molecular formula is C18H31NO7S. The smallest absolute Gasteiger partial charge is 0.303 e. The molecule has 0 rings (SSSR count). The average molecular weight is 406 g/mol. The summed E-state index contributed by atoms with van der Waals surface area (Å²) in [6, 6.07) is 0. The van der Waals surface area contributed by atoms with E-state index in [0.29, 0.717) is 18.7 Å². The Morgan fingerprint density at radius 2 is 1.63 bits per heavy atom. The number of nitrogens with one attached hydrogen (secondary N) is 1. The topological polar surface area (TPSA) is 108 Å². The first-order valence-corrected chi connectivity index (χ1v) is 9.78. The molecule has 0 saturated carbocycles. The van der Waals surface area contributed by atoms with E-state index in [1.807, 2.05) is 6.92 Å². The Morgan fingerprint density at radius 3 is 2.04 bits per heavy atom. The quantitative estimate of drug-likeness (QED) is 0.409. The molecule has 0 bridgehead atoms. The van der Waals surface area contributed by atoms with Gasteiger partial charge in [0.2, 0.25) is 5.91 Å². The molecule has 0 fully saturated rings. The lowest BCUT2D eigenvalue weighted by atomic mass is 9.83. The third-order valence-corrected chi connectivity index (χ3v) is 5.23. The lowest BCUT2D eigenvalue weighted by Gasteiger charge is -2.42. The molecule has 27 heavy (non-hydrogen) atoms. The predicted molar refractivity (Wildman–Crippen MR) is 102 cm³/mol. The van der Waals surface area contributed by atoms with Crippen molar-refractivity contribution in [2.24, 2.45) is 5.92 Å². The Bertz CT molecular complexity index is 540. The minimum Gasteiger partial charge on any atom is -0.459 e. The summed E-state index contributed by atoms with van der Waals surface area (Å²) >= 11 is 1.03. The molecule has 0 aromatic rings. The molecule has 0 spiro atoms. The maximum Gasteiger partial charge on any atom is 0.303 e. The zero-order valence-electron chi connectivity index (χ0n) is 17.1. The van der Waals surface area contributed by atoms with Crippen LogP contribution in [0.2, 0.25) is 0 Å². The number of hydrogen-bond donors (Lipinski definition) is 1. The Labute approximate surface area is 165 Å². The van der Waals surface area contributed by atoms with Gasteiger partial charge in [0.1, 0.15) is 17.8 Å². The fourth-order valence-corrected chi connectivity index (χ4v) is 3.56. The summed E-state index contributed by atoms with van der Waals surface area (Å²) in [5.41, 5.74) is -1.21. The van der Waals surface area contributed by atoms with E-state index >= 15 is 0 Å². The maximum absolute atomic E-state index is 12.6. The number of carbonyl (C=O) groups is 4. The Morgan fingerprint density at radius 1 is 1.07 bits per heavy atom. The number of carbonyl (C=O) groups excluding carboxylic acids is 4. The van der Waals surface area contributed by atoms with Crippen molar-refractivity contribution in [2.45, 2.75) is 65.8 Å². The molecule has 9 heteroatoms. The van der Waals surface area contributed by atoms with E-state index in [1.165, 1.54) is 27.9 Å². The van der Waals surface area contributed by atoms with Gasteiger partial charge in [-0.2, -0.15) is 0 Å². The fourth-order valence-electron chi connectivity index (χ4n) is 2.76. The third-order valence-electron chi connectivity index (χ3n) is 4.16. The van der Waals surface area contributed by atoms with Crippen LogP contribution in [0.1, 0.15) is 48.0 Å². The largest absolute Gasteiger partial charge is 0.459 e. The first-order valence-electron chi connectivity index (χ1n) is 8.80. The van der Waals surface area contributed by atoms with Crippen LogP contribution in [-0.2, 0) is 33.4 Å². The summed E-state index contributed by atoms with van der Waals surface area (Å²) in [6.45, 7) is 9.38. The SMILES string of the molecule is CC[C@@H](OC(C)=O)[C@@](C)(OC)[C@H](OC(C)=O)[C@@H](C)C(=O)SCCNC(C)=O. The molecule has 0 aliphatic rings. The molecule has 0 aliphatic heterocycles. The van der Waals surface area contributed by atoms with E-state index in [9.17, 15) is 19.2 Å². The second-order valence-electron chi connectivity index (χ2n) is 6.36. The summed E-state index contributed by atoms with van der Waals surface area (Å²) in [4.78, 5) is 46.6. The van der Waals surface area contributed by atoms with Crippen molar-refractivity contribution in [3.05, 3.63) is 0 Å². The summed E-state index contributed by atoms with van der Waals surface area (Å²) in [5.74, 6) is -1.56. The number of ether oxygens (including phenoxy) is 3. The molecule has 8 nitrogen and oxygen atoms in total. The summed E-state index contributed by atoms with van der Waals surface area (Å²) in [7, 11) is 1.42. The van der Waals surface area contributed by atoms with Gasteiger partial charge in [0.15, 0.2) is 5.12 Å². The average Bonchev–Trinajstić information content (AvgIpc) is 2.59. The molecule has 1 amide bonds. The molecule has 0 heterocycles. The van der Waals surface area contributed by atoms with Crippen LogP contribution in [0.25, 0.3) is 0 Å². The van der Waals surface area contributed by atoms with Crippen molar-refractivity contribution in [1.29, 1.82) is 0 Å². The zero-order valence-corrected chi connectivity index (χ0v) is 17.9. The van der Waals surface area contributed by atoms with Gasteiger partial charge in [-0.3, -0.25) is 19.2 Å². The van der Waals surface area contributed by atoms with Crippen molar-refractivity contribution < 1.29 is 33.4 Å². The molecule has 0 unspecified atom stereocenters. The van der Waals surface area contributed by atoms with Crippen LogP contribution in [-0.4, -0.2) is 60.2 Å². The van der Waals surface area contributed by atoms with E-state index in [-0.39, 0.29) is 11.0 Å². The first-order chi connectivity index (χ1) is 12.5. The Hall–Kier alpha value is -1.61. The van der Waals surface area contributed by atoms with Crippen LogP contribution in [0, 0.1) is 5.92 Å². The van der Waals surface area contributed by atoms with Crippen molar-refractivity contribution in [3.8, 4) is 0 Å². The highest BCUT2D eigenvalue weighted by molar-refractivity contribution is 8.13. The van der Waals surface area contributed by atoms with E-state index in [4.69, 9.17) is 14.2 Å². The van der Waals surface area contributed by atoms with Crippen LogP contribution in [0.5, 0.6) is 0 Å². The molecule has 0 aromatic heterocycles. The van der Waals surface area contributed by atoms with Gasteiger partial charge in [-0.1, -0.05) is 25.6 Å². The molecule has 0 radical (unpaired) electrons.